The minimum atomic E-state index is -4.85. The van der Waals surface area contributed by atoms with E-state index in [0.29, 0.717) is 5.13 Å². The van der Waals surface area contributed by atoms with E-state index in [1.54, 1.807) is 17.5 Å². The normalized spacial score (nSPS) is 16.6. The second-order valence-electron chi connectivity index (χ2n) is 8.04. The molecule has 0 saturated carbocycles. The quantitative estimate of drug-likeness (QED) is 0.328. The molecule has 0 aliphatic carbocycles. The number of ether oxygens (including phenoxy) is 2. The van der Waals surface area contributed by atoms with Gasteiger partial charge < -0.3 is 19.7 Å². The van der Waals surface area contributed by atoms with E-state index in [4.69, 9.17) is 4.74 Å². The van der Waals surface area contributed by atoms with E-state index < -0.39 is 24.1 Å². The molecule has 4 heterocycles. The molecule has 5 rings (SSSR count). The summed E-state index contributed by atoms with van der Waals surface area (Å²) in [6.07, 6.45) is -3.43. The number of thiazole rings is 1. The first-order valence-electron chi connectivity index (χ1n) is 11.0. The first-order valence-corrected chi connectivity index (χ1v) is 12.7. The van der Waals surface area contributed by atoms with Crippen molar-refractivity contribution in [1.29, 1.82) is 0 Å². The SMILES string of the molecule is CO[C@H](C(=O)Nc1nnc(N[C@@H]2CCN(c3nc4ncccc4s3)C2)s1)c1cccc(OC(F)(F)F)c1. The van der Waals surface area contributed by atoms with Gasteiger partial charge in [-0.2, -0.15) is 4.98 Å². The Balaban J connectivity index is 1.18. The summed E-state index contributed by atoms with van der Waals surface area (Å²) in [6, 6.07) is 9.05. The highest BCUT2D eigenvalue weighted by molar-refractivity contribution is 7.22. The van der Waals surface area contributed by atoms with Gasteiger partial charge in [0.2, 0.25) is 10.3 Å². The van der Waals surface area contributed by atoms with Crippen LogP contribution in [0.3, 0.4) is 0 Å². The fraction of sp³-hybridized carbons (Fsp3) is 0.318. The van der Waals surface area contributed by atoms with Gasteiger partial charge in [-0.3, -0.25) is 10.1 Å². The van der Waals surface area contributed by atoms with Crippen LogP contribution in [0.4, 0.5) is 28.6 Å². The number of fused-ring (bicyclic) bond motifs is 1. The van der Waals surface area contributed by atoms with E-state index >= 15 is 0 Å². The summed E-state index contributed by atoms with van der Waals surface area (Å²) in [7, 11) is 1.28. The van der Waals surface area contributed by atoms with Gasteiger partial charge in [-0.15, -0.1) is 23.4 Å². The zero-order chi connectivity index (χ0) is 26.0. The molecule has 0 bridgehead atoms. The number of methoxy groups -OCH3 is 1. The van der Waals surface area contributed by atoms with E-state index in [1.807, 2.05) is 12.1 Å². The molecule has 37 heavy (non-hydrogen) atoms. The number of anilines is 3. The second kappa shape index (κ2) is 10.4. The third-order valence-corrected chi connectivity index (χ3v) is 7.30. The highest BCUT2D eigenvalue weighted by Gasteiger charge is 2.32. The number of carbonyl (C=O) groups is 1. The van der Waals surface area contributed by atoms with Gasteiger partial charge in [0, 0.05) is 32.4 Å². The van der Waals surface area contributed by atoms with E-state index in [9.17, 15) is 18.0 Å². The van der Waals surface area contributed by atoms with Crippen molar-refractivity contribution in [3.05, 3.63) is 48.2 Å². The molecule has 0 unspecified atom stereocenters. The van der Waals surface area contributed by atoms with Crippen molar-refractivity contribution < 1.29 is 27.4 Å². The van der Waals surface area contributed by atoms with Crippen LogP contribution in [0.2, 0.25) is 0 Å². The number of nitrogens with zero attached hydrogens (tertiary/aromatic N) is 5. The lowest BCUT2D eigenvalue weighted by atomic mass is 10.1. The van der Waals surface area contributed by atoms with Gasteiger partial charge in [-0.25, -0.2) is 4.98 Å². The lowest BCUT2D eigenvalue weighted by Gasteiger charge is -2.16. The number of rotatable bonds is 8. The largest absolute Gasteiger partial charge is 0.573 e. The monoisotopic (exact) mass is 551 g/mol. The number of amides is 1. The van der Waals surface area contributed by atoms with Gasteiger partial charge in [-0.1, -0.05) is 34.8 Å². The summed E-state index contributed by atoms with van der Waals surface area (Å²) < 4.78 is 47.8. The van der Waals surface area contributed by atoms with Gasteiger partial charge in [0.15, 0.2) is 16.9 Å². The van der Waals surface area contributed by atoms with Crippen LogP contribution in [0.15, 0.2) is 42.6 Å². The number of hydrogen-bond acceptors (Lipinski definition) is 11. The predicted octanol–water partition coefficient (Wildman–Crippen LogP) is 4.46. The van der Waals surface area contributed by atoms with Crippen molar-refractivity contribution in [2.24, 2.45) is 0 Å². The molecule has 10 nitrogen and oxygen atoms in total. The Kier molecular flexibility index (Phi) is 7.08. The molecule has 1 aromatic carbocycles. The Hall–Kier alpha value is -3.56. The first-order chi connectivity index (χ1) is 17.8. The number of carbonyl (C=O) groups excluding carboxylic acids is 1. The van der Waals surface area contributed by atoms with Crippen LogP contribution < -0.4 is 20.3 Å². The van der Waals surface area contributed by atoms with Crippen LogP contribution in [0.25, 0.3) is 10.3 Å². The van der Waals surface area contributed by atoms with Crippen LogP contribution in [0.5, 0.6) is 5.75 Å². The van der Waals surface area contributed by atoms with Crippen molar-refractivity contribution in [3.63, 3.8) is 0 Å². The minimum Gasteiger partial charge on any atom is -0.406 e. The summed E-state index contributed by atoms with van der Waals surface area (Å²) in [6.45, 7) is 1.55. The fourth-order valence-electron chi connectivity index (χ4n) is 3.89. The van der Waals surface area contributed by atoms with Gasteiger partial charge >= 0.3 is 6.36 Å². The number of pyridine rings is 1. The molecule has 1 aliphatic heterocycles. The van der Waals surface area contributed by atoms with Crippen molar-refractivity contribution in [2.75, 3.05) is 35.7 Å². The minimum absolute atomic E-state index is 0.111. The zero-order valence-electron chi connectivity index (χ0n) is 19.2. The Labute approximate surface area is 216 Å². The van der Waals surface area contributed by atoms with Crippen molar-refractivity contribution >= 4 is 54.3 Å². The molecule has 0 radical (unpaired) electrons. The number of nitrogens with one attached hydrogen (secondary N) is 2. The number of alkyl halides is 3. The topological polar surface area (TPSA) is 114 Å². The van der Waals surface area contributed by atoms with Crippen molar-refractivity contribution in [3.8, 4) is 5.75 Å². The molecule has 1 amide bonds. The first kappa shape index (κ1) is 25.1. The Morgan fingerprint density at radius 2 is 2.03 bits per heavy atom. The molecular formula is C22H20F3N7O3S2. The highest BCUT2D eigenvalue weighted by Crippen LogP contribution is 2.32. The molecule has 1 fully saturated rings. The molecular weight excluding hydrogens is 531 g/mol. The van der Waals surface area contributed by atoms with Crippen molar-refractivity contribution in [1.82, 2.24) is 20.2 Å². The summed E-state index contributed by atoms with van der Waals surface area (Å²) in [5.41, 5.74) is 0.929. The maximum atomic E-state index is 12.8. The van der Waals surface area contributed by atoms with Crippen LogP contribution >= 0.6 is 22.7 Å². The summed E-state index contributed by atoms with van der Waals surface area (Å²) >= 11 is 2.74. The third-order valence-electron chi connectivity index (χ3n) is 5.46. The predicted molar refractivity (Wildman–Crippen MR) is 133 cm³/mol. The van der Waals surface area contributed by atoms with E-state index in [1.165, 1.54) is 19.2 Å². The molecule has 194 valence electrons. The molecule has 0 spiro atoms. The Morgan fingerprint density at radius 1 is 1.19 bits per heavy atom. The lowest BCUT2D eigenvalue weighted by molar-refractivity contribution is -0.274. The fourth-order valence-corrected chi connectivity index (χ4v) is 5.58. The molecule has 3 aromatic heterocycles. The number of halogens is 3. The zero-order valence-corrected chi connectivity index (χ0v) is 20.9. The van der Waals surface area contributed by atoms with Crippen molar-refractivity contribution in [2.45, 2.75) is 24.9 Å². The maximum Gasteiger partial charge on any atom is 0.573 e. The van der Waals surface area contributed by atoms with Gasteiger partial charge in [0.05, 0.1) is 4.70 Å². The number of benzene rings is 1. The highest BCUT2D eigenvalue weighted by atomic mass is 32.1. The van der Waals surface area contributed by atoms with E-state index in [2.05, 4.69) is 40.4 Å². The summed E-state index contributed by atoms with van der Waals surface area (Å²) in [5.74, 6) is -1.05. The molecule has 1 aliphatic rings. The summed E-state index contributed by atoms with van der Waals surface area (Å²) in [4.78, 5) is 23.8. The van der Waals surface area contributed by atoms with Crippen LogP contribution in [-0.4, -0.2) is 58.7 Å². The van der Waals surface area contributed by atoms with Gasteiger partial charge in [-0.05, 0) is 36.2 Å². The second-order valence-corrected chi connectivity index (χ2v) is 10.0. The lowest BCUT2D eigenvalue weighted by Crippen LogP contribution is -2.25. The number of hydrogen-bond donors (Lipinski definition) is 2. The Bertz CT molecular complexity index is 1360. The van der Waals surface area contributed by atoms with Crippen LogP contribution in [0.1, 0.15) is 18.1 Å². The molecule has 2 atom stereocenters. The molecule has 1 saturated heterocycles. The maximum absolute atomic E-state index is 12.8. The molecule has 4 aromatic rings. The number of aromatic nitrogens is 4. The van der Waals surface area contributed by atoms with Gasteiger partial charge in [0.1, 0.15) is 5.75 Å². The smallest absolute Gasteiger partial charge is 0.406 e. The average molecular weight is 552 g/mol. The third kappa shape index (κ3) is 6.06. The standard InChI is InChI=1S/C22H20F3N7O3S2/c1-34-16(12-4-2-5-14(10-12)35-22(23,24)25)18(33)29-20-31-30-19(37-20)27-13-7-9-32(11-13)21-28-17-15(36-21)6-3-8-26-17/h2-6,8,10,13,16H,7,9,11H2,1H3,(H,27,30)(H,29,31,33)/t13-,16+/m1/s1. The van der Waals surface area contributed by atoms with Crippen LogP contribution in [-0.2, 0) is 9.53 Å². The summed E-state index contributed by atoms with van der Waals surface area (Å²) in [5, 5.41) is 15.7. The molecule has 2 N–H and O–H groups in total. The molecule has 15 heteroatoms. The van der Waals surface area contributed by atoms with E-state index in [0.717, 1.165) is 58.5 Å². The van der Waals surface area contributed by atoms with Crippen LogP contribution in [0, 0.1) is 0 Å². The van der Waals surface area contributed by atoms with E-state index in [-0.39, 0.29) is 16.7 Å². The average Bonchev–Trinajstić information content (AvgIpc) is 3.58. The Morgan fingerprint density at radius 3 is 2.81 bits per heavy atom. The van der Waals surface area contributed by atoms with Gasteiger partial charge in [0.25, 0.3) is 5.91 Å².